The van der Waals surface area contributed by atoms with Crippen LogP contribution < -0.4 is 4.74 Å². The predicted octanol–water partition coefficient (Wildman–Crippen LogP) is 4.09. The topological polar surface area (TPSA) is 51.7 Å². The first-order chi connectivity index (χ1) is 13.4. The third-order valence-corrected chi connectivity index (χ3v) is 6.13. The Hall–Kier alpha value is -2.13. The van der Waals surface area contributed by atoms with Crippen molar-refractivity contribution in [1.29, 1.82) is 0 Å². The van der Waals surface area contributed by atoms with Gasteiger partial charge in [0.15, 0.2) is 11.6 Å². The number of halogens is 3. The van der Waals surface area contributed by atoms with Crippen molar-refractivity contribution < 1.29 is 27.4 Å². The molecule has 0 spiro atoms. The minimum absolute atomic E-state index is 0.118. The minimum atomic E-state index is -1.17. The van der Waals surface area contributed by atoms with Crippen LogP contribution in [-0.2, 0) is 9.53 Å². The Morgan fingerprint density at radius 2 is 2.21 bits per heavy atom. The van der Waals surface area contributed by atoms with Gasteiger partial charge >= 0.3 is 0 Å². The quantitative estimate of drug-likeness (QED) is 0.742. The lowest BCUT2D eigenvalue weighted by Crippen LogP contribution is -2.45. The smallest absolute Gasteiger partial charge is 0.228 e. The van der Waals surface area contributed by atoms with E-state index < -0.39 is 24.6 Å². The molecule has 150 valence electrons. The van der Waals surface area contributed by atoms with E-state index in [0.717, 1.165) is 18.9 Å². The lowest BCUT2D eigenvalue weighted by molar-refractivity contribution is -0.144. The van der Waals surface area contributed by atoms with E-state index in [0.29, 0.717) is 24.7 Å². The van der Waals surface area contributed by atoms with Crippen molar-refractivity contribution in [2.24, 2.45) is 5.41 Å². The van der Waals surface area contributed by atoms with Crippen LogP contribution >= 0.6 is 11.3 Å². The fourth-order valence-corrected chi connectivity index (χ4v) is 4.12. The molecular weight excluding hydrogens is 393 g/mol. The van der Waals surface area contributed by atoms with Gasteiger partial charge in [-0.2, -0.15) is 0 Å². The third kappa shape index (κ3) is 3.48. The van der Waals surface area contributed by atoms with E-state index in [1.165, 1.54) is 17.4 Å². The maximum Gasteiger partial charge on any atom is 0.228 e. The molecule has 1 saturated heterocycles. The Kier molecular flexibility index (Phi) is 5.05. The first kappa shape index (κ1) is 19.2. The average Bonchev–Trinajstić information content (AvgIpc) is 3.26. The average molecular weight is 412 g/mol. The van der Waals surface area contributed by atoms with E-state index >= 15 is 0 Å². The highest BCUT2D eigenvalue weighted by Gasteiger charge is 2.48. The van der Waals surface area contributed by atoms with Crippen molar-refractivity contribution in [3.63, 3.8) is 0 Å². The largest absolute Gasteiger partial charge is 0.462 e. The fourth-order valence-electron chi connectivity index (χ4n) is 3.27. The molecule has 1 unspecified atom stereocenters. The second kappa shape index (κ2) is 7.36. The van der Waals surface area contributed by atoms with Crippen LogP contribution in [-0.4, -0.2) is 42.3 Å². The highest BCUT2D eigenvalue weighted by atomic mass is 32.1. The van der Waals surface area contributed by atoms with E-state index in [2.05, 4.69) is 4.98 Å². The summed E-state index contributed by atoms with van der Waals surface area (Å²) in [6.07, 6.45) is 1.35. The molecule has 1 aliphatic heterocycles. The van der Waals surface area contributed by atoms with Gasteiger partial charge in [-0.3, -0.25) is 4.79 Å². The first-order valence-electron chi connectivity index (χ1n) is 8.96. The van der Waals surface area contributed by atoms with Gasteiger partial charge in [0.25, 0.3) is 0 Å². The Bertz CT molecular complexity index is 901. The first-order valence-corrected chi connectivity index (χ1v) is 9.84. The fraction of sp³-hybridized carbons (Fsp3) is 0.474. The zero-order chi connectivity index (χ0) is 19.9. The van der Waals surface area contributed by atoms with Crippen LogP contribution in [0.4, 0.5) is 13.2 Å². The molecule has 2 heterocycles. The summed E-state index contributed by atoms with van der Waals surface area (Å²) in [7, 11) is 0. The number of carbonyl (C=O) groups excluding carboxylic acids is 1. The molecule has 2 fully saturated rings. The molecule has 1 aromatic carbocycles. The van der Waals surface area contributed by atoms with E-state index in [9.17, 15) is 18.0 Å². The molecule has 4 rings (SSSR count). The monoisotopic (exact) mass is 412 g/mol. The number of alkyl halides is 1. The van der Waals surface area contributed by atoms with Gasteiger partial charge in [0.2, 0.25) is 12.8 Å². The van der Waals surface area contributed by atoms with Gasteiger partial charge in [-0.1, -0.05) is 6.92 Å². The van der Waals surface area contributed by atoms with Crippen LogP contribution in [0.1, 0.15) is 30.9 Å². The highest BCUT2D eigenvalue weighted by Crippen LogP contribution is 2.47. The van der Waals surface area contributed by atoms with Gasteiger partial charge < -0.3 is 14.4 Å². The second-order valence-electron chi connectivity index (χ2n) is 7.23. The lowest BCUT2D eigenvalue weighted by Gasteiger charge is -2.33. The van der Waals surface area contributed by atoms with Crippen molar-refractivity contribution in [1.82, 2.24) is 9.88 Å². The van der Waals surface area contributed by atoms with Gasteiger partial charge in [-0.25, -0.2) is 18.2 Å². The summed E-state index contributed by atoms with van der Waals surface area (Å²) in [6.45, 7) is 2.06. The molecule has 1 amide bonds. The molecule has 9 heteroatoms. The molecule has 1 aliphatic carbocycles. The van der Waals surface area contributed by atoms with Crippen LogP contribution in [0.5, 0.6) is 5.75 Å². The number of nitrogens with zero attached hydrogens (tertiary/aromatic N) is 2. The number of amides is 1. The van der Waals surface area contributed by atoms with Crippen LogP contribution in [0, 0.1) is 17.0 Å². The summed E-state index contributed by atoms with van der Waals surface area (Å²) in [5, 5.41) is 2.09. The zero-order valence-electron chi connectivity index (χ0n) is 15.2. The molecule has 1 saturated carbocycles. The summed E-state index contributed by atoms with van der Waals surface area (Å²) in [4.78, 5) is 18.7. The van der Waals surface area contributed by atoms with Crippen LogP contribution in [0.3, 0.4) is 0 Å². The number of hydrogen-bond acceptors (Lipinski definition) is 5. The third-order valence-electron chi connectivity index (χ3n) is 5.19. The van der Waals surface area contributed by atoms with Gasteiger partial charge in [-0.15, -0.1) is 11.3 Å². The number of carbonyl (C=O) groups is 1. The number of hydrogen-bond donors (Lipinski definition) is 0. The zero-order valence-corrected chi connectivity index (χ0v) is 16.0. The Labute approximate surface area is 164 Å². The highest BCUT2D eigenvalue weighted by molar-refractivity contribution is 7.10. The normalized spacial score (nSPS) is 20.9. The number of thiazole rings is 1. The molecular formula is C19H19F3N2O3S. The van der Waals surface area contributed by atoms with Crippen LogP contribution in [0.15, 0.2) is 17.5 Å². The number of morpholine rings is 1. The number of aromatic nitrogens is 1. The molecule has 5 nitrogen and oxygen atoms in total. The molecule has 0 radical (unpaired) electrons. The molecule has 2 aromatic rings. The van der Waals surface area contributed by atoms with Crippen molar-refractivity contribution in [2.75, 3.05) is 26.6 Å². The number of benzene rings is 1. The summed E-state index contributed by atoms with van der Waals surface area (Å²) in [5.74, 6) is -2.22. The Morgan fingerprint density at radius 3 is 2.93 bits per heavy atom. The number of ether oxygens (including phenoxy) is 2. The summed E-state index contributed by atoms with van der Waals surface area (Å²) < 4.78 is 51.2. The molecule has 1 atom stereocenters. The van der Waals surface area contributed by atoms with Crippen LogP contribution in [0.2, 0.25) is 0 Å². The molecule has 0 bridgehead atoms. The molecule has 2 aliphatic rings. The standard InChI is InChI=1S/C19H19F3N2O3S/c1-19(4-5-19)18(25)24-6-7-26-14(8-24)17-23-12(9-28-17)15-13(27-10-20)3-2-11(21)16(15)22/h2-3,9,14H,4-8,10H2,1H3. The second-order valence-corrected chi connectivity index (χ2v) is 8.12. The summed E-state index contributed by atoms with van der Waals surface area (Å²) in [6, 6.07) is 2.05. The van der Waals surface area contributed by atoms with Crippen molar-refractivity contribution >= 4 is 17.2 Å². The Morgan fingerprint density at radius 1 is 1.43 bits per heavy atom. The van der Waals surface area contributed by atoms with Gasteiger partial charge in [-0.05, 0) is 25.0 Å². The van der Waals surface area contributed by atoms with Crippen LogP contribution in [0.25, 0.3) is 11.3 Å². The Balaban J connectivity index is 1.58. The summed E-state index contributed by atoms with van der Waals surface area (Å²) in [5.41, 5.74) is -0.352. The van der Waals surface area contributed by atoms with Crippen molar-refractivity contribution in [3.8, 4) is 17.0 Å². The maximum atomic E-state index is 14.3. The summed E-state index contributed by atoms with van der Waals surface area (Å²) >= 11 is 1.22. The number of rotatable bonds is 5. The molecule has 1 aromatic heterocycles. The van der Waals surface area contributed by atoms with E-state index in [1.807, 2.05) is 6.92 Å². The van der Waals surface area contributed by atoms with Gasteiger partial charge in [0.05, 0.1) is 24.4 Å². The lowest BCUT2D eigenvalue weighted by atomic mass is 10.1. The van der Waals surface area contributed by atoms with Crippen molar-refractivity contribution in [2.45, 2.75) is 25.9 Å². The minimum Gasteiger partial charge on any atom is -0.462 e. The molecule has 0 N–H and O–H groups in total. The molecule has 28 heavy (non-hydrogen) atoms. The van der Waals surface area contributed by atoms with E-state index in [1.54, 1.807) is 10.3 Å². The predicted molar refractivity (Wildman–Crippen MR) is 96.7 cm³/mol. The SMILES string of the molecule is CC1(C(=O)N2CCOC(c3nc(-c4c(OCF)ccc(F)c4F)cs3)C2)CC1. The van der Waals surface area contributed by atoms with Crippen molar-refractivity contribution in [3.05, 3.63) is 34.2 Å². The van der Waals surface area contributed by atoms with E-state index in [4.69, 9.17) is 9.47 Å². The van der Waals surface area contributed by atoms with Gasteiger partial charge in [0.1, 0.15) is 16.9 Å². The maximum absolute atomic E-state index is 14.3. The van der Waals surface area contributed by atoms with Gasteiger partial charge in [0, 0.05) is 17.3 Å². The van der Waals surface area contributed by atoms with E-state index in [-0.39, 0.29) is 28.3 Å².